The molecule has 0 heterocycles. The van der Waals surface area contributed by atoms with Crippen molar-refractivity contribution in [2.45, 2.75) is 24.9 Å². The van der Waals surface area contributed by atoms with Crippen LogP contribution < -0.4 is 5.73 Å². The van der Waals surface area contributed by atoms with E-state index in [-0.39, 0.29) is 11.8 Å². The molecule has 1 fully saturated rings. The molecular formula is C25H26N2O. The Morgan fingerprint density at radius 3 is 1.75 bits per heavy atom. The molecule has 2 N–H and O–H groups in total. The van der Waals surface area contributed by atoms with Crippen molar-refractivity contribution in [1.82, 2.24) is 4.90 Å². The first-order chi connectivity index (χ1) is 13.7. The van der Waals surface area contributed by atoms with E-state index in [4.69, 9.17) is 5.73 Å². The zero-order valence-electron chi connectivity index (χ0n) is 16.0. The summed E-state index contributed by atoms with van der Waals surface area (Å²) in [5, 5.41) is 0. The number of carbonyl (C=O) groups is 1. The molecule has 0 unspecified atom stereocenters. The van der Waals surface area contributed by atoms with Crippen LogP contribution in [0, 0.1) is 5.92 Å². The van der Waals surface area contributed by atoms with Crippen LogP contribution in [0.4, 0.5) is 0 Å². The second-order valence-corrected chi connectivity index (χ2v) is 7.74. The van der Waals surface area contributed by atoms with Crippen LogP contribution in [-0.4, -0.2) is 17.4 Å². The van der Waals surface area contributed by atoms with Crippen molar-refractivity contribution in [3.63, 3.8) is 0 Å². The van der Waals surface area contributed by atoms with Gasteiger partial charge in [0.05, 0.1) is 5.41 Å². The average molecular weight is 370 g/mol. The minimum Gasteiger partial charge on any atom is -0.369 e. The maximum atomic E-state index is 12.4. The third-order valence-corrected chi connectivity index (χ3v) is 5.81. The molecule has 3 heteroatoms. The number of rotatable bonds is 8. The molecule has 0 spiro atoms. The molecule has 4 rings (SSSR count). The molecular weight excluding hydrogens is 344 g/mol. The molecule has 28 heavy (non-hydrogen) atoms. The van der Waals surface area contributed by atoms with E-state index in [2.05, 4.69) is 53.4 Å². The van der Waals surface area contributed by atoms with E-state index >= 15 is 0 Å². The molecule has 1 aliphatic carbocycles. The van der Waals surface area contributed by atoms with Crippen LogP contribution in [0.3, 0.4) is 0 Å². The van der Waals surface area contributed by atoms with Gasteiger partial charge in [-0.3, -0.25) is 9.69 Å². The highest BCUT2D eigenvalue weighted by Crippen LogP contribution is 2.54. The van der Waals surface area contributed by atoms with Crippen LogP contribution >= 0.6 is 0 Å². The maximum absolute atomic E-state index is 12.4. The topological polar surface area (TPSA) is 46.3 Å². The van der Waals surface area contributed by atoms with Crippen molar-refractivity contribution < 1.29 is 4.79 Å². The summed E-state index contributed by atoms with van der Waals surface area (Å²) in [6, 6.07) is 31.0. The van der Waals surface area contributed by atoms with Gasteiger partial charge in [0, 0.05) is 19.6 Å². The summed E-state index contributed by atoms with van der Waals surface area (Å²) in [5.74, 6) is 0.0443. The number of hydrogen-bond acceptors (Lipinski definition) is 2. The standard InChI is InChI=1S/C25H26N2O/c26-24(28)25(22-14-8-3-9-15-22)16-23(25)19-27(17-20-10-4-1-5-11-20)18-21-12-6-2-7-13-21/h1-15,23H,16-19H2,(H2,26,28)/t23-,25+/m1/s1. The Hall–Kier alpha value is -2.91. The van der Waals surface area contributed by atoms with E-state index in [1.807, 2.05) is 42.5 Å². The normalized spacial score (nSPS) is 20.8. The molecule has 1 aliphatic rings. The molecule has 3 nitrogen and oxygen atoms in total. The van der Waals surface area contributed by atoms with Gasteiger partial charge in [-0.25, -0.2) is 0 Å². The molecule has 1 saturated carbocycles. The second kappa shape index (κ2) is 7.99. The quantitative estimate of drug-likeness (QED) is 0.648. The Morgan fingerprint density at radius 2 is 1.29 bits per heavy atom. The first-order valence-electron chi connectivity index (χ1n) is 9.84. The van der Waals surface area contributed by atoms with Crippen molar-refractivity contribution in [3.8, 4) is 0 Å². The van der Waals surface area contributed by atoms with Crippen LogP contribution in [0.2, 0.25) is 0 Å². The van der Waals surface area contributed by atoms with Crippen LogP contribution in [-0.2, 0) is 23.3 Å². The van der Waals surface area contributed by atoms with Crippen LogP contribution in [0.1, 0.15) is 23.1 Å². The summed E-state index contributed by atoms with van der Waals surface area (Å²) in [6.45, 7) is 2.56. The monoisotopic (exact) mass is 370 g/mol. The SMILES string of the molecule is NC(=O)[C@]1(c2ccccc2)C[C@@H]1CN(Cc1ccccc1)Cc1ccccc1. The van der Waals surface area contributed by atoms with Crippen LogP contribution in [0.15, 0.2) is 91.0 Å². The lowest BCUT2D eigenvalue weighted by Gasteiger charge is -2.24. The molecule has 0 bridgehead atoms. The van der Waals surface area contributed by atoms with E-state index < -0.39 is 5.41 Å². The first kappa shape index (κ1) is 18.5. The van der Waals surface area contributed by atoms with E-state index in [0.29, 0.717) is 0 Å². The number of benzene rings is 3. The predicted molar refractivity (Wildman–Crippen MR) is 112 cm³/mol. The van der Waals surface area contributed by atoms with E-state index in [9.17, 15) is 4.79 Å². The third-order valence-electron chi connectivity index (χ3n) is 5.81. The summed E-state index contributed by atoms with van der Waals surface area (Å²) in [7, 11) is 0. The van der Waals surface area contributed by atoms with Crippen LogP contribution in [0.25, 0.3) is 0 Å². The Kier molecular flexibility index (Phi) is 5.27. The zero-order valence-corrected chi connectivity index (χ0v) is 16.0. The molecule has 1 amide bonds. The highest BCUT2D eigenvalue weighted by Gasteiger charge is 2.60. The van der Waals surface area contributed by atoms with Crippen molar-refractivity contribution in [2.24, 2.45) is 11.7 Å². The largest absolute Gasteiger partial charge is 0.369 e. The van der Waals surface area contributed by atoms with Gasteiger partial charge in [0.1, 0.15) is 0 Å². The molecule has 3 aromatic rings. The van der Waals surface area contributed by atoms with Crippen molar-refractivity contribution in [2.75, 3.05) is 6.54 Å². The fraction of sp³-hybridized carbons (Fsp3) is 0.240. The van der Waals surface area contributed by atoms with Gasteiger partial charge in [0.2, 0.25) is 5.91 Å². The number of primary amides is 1. The fourth-order valence-electron chi connectivity index (χ4n) is 4.26. The second-order valence-electron chi connectivity index (χ2n) is 7.74. The average Bonchev–Trinajstić information content (AvgIpc) is 3.45. The van der Waals surface area contributed by atoms with E-state index in [1.165, 1.54) is 11.1 Å². The van der Waals surface area contributed by atoms with Gasteiger partial charge in [-0.2, -0.15) is 0 Å². The number of nitrogens with zero attached hydrogens (tertiary/aromatic N) is 1. The maximum Gasteiger partial charge on any atom is 0.228 e. The lowest BCUT2D eigenvalue weighted by molar-refractivity contribution is -0.120. The van der Waals surface area contributed by atoms with Gasteiger partial charge in [-0.05, 0) is 29.0 Å². The summed E-state index contributed by atoms with van der Waals surface area (Å²) in [5.41, 5.74) is 8.97. The van der Waals surface area contributed by atoms with Crippen molar-refractivity contribution >= 4 is 5.91 Å². The minimum absolute atomic E-state index is 0.205. The van der Waals surface area contributed by atoms with Gasteiger partial charge in [0.15, 0.2) is 0 Å². The van der Waals surface area contributed by atoms with E-state index in [1.54, 1.807) is 0 Å². The molecule has 0 aliphatic heterocycles. The highest BCUT2D eigenvalue weighted by molar-refractivity contribution is 5.90. The Morgan fingerprint density at radius 1 is 0.821 bits per heavy atom. The highest BCUT2D eigenvalue weighted by atomic mass is 16.1. The minimum atomic E-state index is -0.521. The summed E-state index contributed by atoms with van der Waals surface area (Å²) in [6.07, 6.45) is 0.826. The number of amides is 1. The molecule has 0 aromatic heterocycles. The van der Waals surface area contributed by atoms with Gasteiger partial charge in [0.25, 0.3) is 0 Å². The first-order valence-corrected chi connectivity index (χ1v) is 9.84. The molecule has 2 atom stereocenters. The predicted octanol–water partition coefficient (Wildman–Crippen LogP) is 4.13. The number of hydrogen-bond donors (Lipinski definition) is 1. The Bertz CT molecular complexity index is 870. The smallest absolute Gasteiger partial charge is 0.228 e. The van der Waals surface area contributed by atoms with Crippen molar-refractivity contribution in [3.05, 3.63) is 108 Å². The Balaban J connectivity index is 1.54. The zero-order chi connectivity index (χ0) is 19.4. The summed E-state index contributed by atoms with van der Waals surface area (Å²) >= 11 is 0. The van der Waals surface area contributed by atoms with Gasteiger partial charge in [-0.15, -0.1) is 0 Å². The third kappa shape index (κ3) is 3.85. The molecule has 3 aromatic carbocycles. The molecule has 0 saturated heterocycles. The van der Waals surface area contributed by atoms with E-state index in [0.717, 1.165) is 31.6 Å². The molecule has 142 valence electrons. The van der Waals surface area contributed by atoms with Gasteiger partial charge >= 0.3 is 0 Å². The fourth-order valence-corrected chi connectivity index (χ4v) is 4.26. The van der Waals surface area contributed by atoms with Gasteiger partial charge in [-0.1, -0.05) is 91.0 Å². The van der Waals surface area contributed by atoms with Crippen molar-refractivity contribution in [1.29, 1.82) is 0 Å². The summed E-state index contributed by atoms with van der Waals surface area (Å²) < 4.78 is 0. The Labute approximate surface area is 166 Å². The number of nitrogens with two attached hydrogens (primary N) is 1. The van der Waals surface area contributed by atoms with Gasteiger partial charge < -0.3 is 5.73 Å². The lowest BCUT2D eigenvalue weighted by Crippen LogP contribution is -2.34. The molecule has 0 radical (unpaired) electrons. The summed E-state index contributed by atoms with van der Waals surface area (Å²) in [4.78, 5) is 14.8. The lowest BCUT2D eigenvalue weighted by atomic mass is 9.92. The number of carbonyl (C=O) groups excluding carboxylic acids is 1. The van der Waals surface area contributed by atoms with Crippen LogP contribution in [0.5, 0.6) is 0 Å².